The fourth-order valence-electron chi connectivity index (χ4n) is 1.63. The number of nitrogens with one attached hydrogen (secondary N) is 2. The van der Waals surface area contributed by atoms with Gasteiger partial charge in [-0.3, -0.25) is 4.79 Å². The zero-order valence-corrected chi connectivity index (χ0v) is 11.8. The van der Waals surface area contributed by atoms with Gasteiger partial charge in [-0.25, -0.2) is 0 Å². The van der Waals surface area contributed by atoms with Crippen molar-refractivity contribution in [2.24, 2.45) is 5.92 Å². The van der Waals surface area contributed by atoms with Crippen LogP contribution in [-0.2, 0) is 0 Å². The highest BCUT2D eigenvalue weighted by atomic mass is 127. The molecule has 1 aliphatic rings. The van der Waals surface area contributed by atoms with E-state index in [1.165, 1.54) is 0 Å². The molecule has 0 aromatic heterocycles. The van der Waals surface area contributed by atoms with E-state index in [9.17, 15) is 4.79 Å². The van der Waals surface area contributed by atoms with Crippen LogP contribution in [-0.4, -0.2) is 32.7 Å². The third kappa shape index (κ3) is 3.10. The summed E-state index contributed by atoms with van der Waals surface area (Å²) in [4.78, 5) is 11.9. The maximum Gasteiger partial charge on any atom is 0.252 e. The molecule has 1 aromatic carbocycles. The Balaban J connectivity index is 1.97. The van der Waals surface area contributed by atoms with Crippen molar-refractivity contribution in [2.45, 2.75) is 0 Å². The summed E-state index contributed by atoms with van der Waals surface area (Å²) in [7, 11) is 1.62. The third-order valence-electron chi connectivity index (χ3n) is 2.84. The van der Waals surface area contributed by atoms with Crippen LogP contribution in [0.4, 0.5) is 0 Å². The molecule has 4 nitrogen and oxygen atoms in total. The molecule has 0 atom stereocenters. The second-order valence-corrected chi connectivity index (χ2v) is 5.24. The van der Waals surface area contributed by atoms with E-state index >= 15 is 0 Å². The Labute approximate surface area is 114 Å². The largest absolute Gasteiger partial charge is 0.497 e. The van der Waals surface area contributed by atoms with Crippen LogP contribution in [0.1, 0.15) is 10.4 Å². The minimum Gasteiger partial charge on any atom is -0.497 e. The molecule has 1 heterocycles. The van der Waals surface area contributed by atoms with Crippen LogP contribution in [0.3, 0.4) is 0 Å². The fraction of sp³-hybridized carbons (Fsp3) is 0.417. The molecule has 1 fully saturated rings. The lowest BCUT2D eigenvalue weighted by atomic mass is 10.0. The number of halogens is 1. The maximum atomic E-state index is 11.9. The van der Waals surface area contributed by atoms with Gasteiger partial charge in [-0.1, -0.05) is 0 Å². The zero-order chi connectivity index (χ0) is 12.3. The van der Waals surface area contributed by atoms with Crippen molar-refractivity contribution in [3.63, 3.8) is 0 Å². The molecule has 2 rings (SSSR count). The van der Waals surface area contributed by atoms with Crippen molar-refractivity contribution in [1.82, 2.24) is 10.6 Å². The number of methoxy groups -OCH3 is 1. The summed E-state index contributed by atoms with van der Waals surface area (Å²) in [5.41, 5.74) is 0.707. The van der Waals surface area contributed by atoms with E-state index in [-0.39, 0.29) is 5.91 Å². The number of benzene rings is 1. The molecule has 92 valence electrons. The second kappa shape index (κ2) is 5.68. The fourth-order valence-corrected chi connectivity index (χ4v) is 2.36. The van der Waals surface area contributed by atoms with Crippen molar-refractivity contribution >= 4 is 28.5 Å². The Morgan fingerprint density at radius 2 is 2.35 bits per heavy atom. The molecule has 5 heteroatoms. The maximum absolute atomic E-state index is 11.9. The van der Waals surface area contributed by atoms with Crippen molar-refractivity contribution in [3.05, 3.63) is 27.3 Å². The Kier molecular flexibility index (Phi) is 4.22. The van der Waals surface area contributed by atoms with Gasteiger partial charge in [-0.05, 0) is 40.8 Å². The first-order chi connectivity index (χ1) is 8.20. The average molecular weight is 346 g/mol. The summed E-state index contributed by atoms with van der Waals surface area (Å²) in [6, 6.07) is 5.47. The molecular weight excluding hydrogens is 331 g/mol. The lowest BCUT2D eigenvalue weighted by Gasteiger charge is -2.27. The third-order valence-corrected chi connectivity index (χ3v) is 3.73. The number of carbonyl (C=O) groups is 1. The topological polar surface area (TPSA) is 50.4 Å². The van der Waals surface area contributed by atoms with Gasteiger partial charge in [0, 0.05) is 29.1 Å². The SMILES string of the molecule is COc1ccc(C(=O)NCC2CNC2)c(I)c1. The highest BCUT2D eigenvalue weighted by Crippen LogP contribution is 2.19. The lowest BCUT2D eigenvalue weighted by Crippen LogP contribution is -2.48. The molecule has 17 heavy (non-hydrogen) atoms. The number of rotatable bonds is 4. The van der Waals surface area contributed by atoms with Gasteiger partial charge in [0.1, 0.15) is 5.75 Å². The van der Waals surface area contributed by atoms with E-state index in [0.29, 0.717) is 11.5 Å². The van der Waals surface area contributed by atoms with Gasteiger partial charge in [0.15, 0.2) is 0 Å². The van der Waals surface area contributed by atoms with E-state index in [2.05, 4.69) is 33.2 Å². The average Bonchev–Trinajstić information content (AvgIpc) is 2.26. The Bertz CT molecular complexity index is 419. The summed E-state index contributed by atoms with van der Waals surface area (Å²) in [6.07, 6.45) is 0. The number of carbonyl (C=O) groups excluding carboxylic acids is 1. The van der Waals surface area contributed by atoms with E-state index in [1.807, 2.05) is 12.1 Å². The van der Waals surface area contributed by atoms with E-state index in [4.69, 9.17) is 4.74 Å². The summed E-state index contributed by atoms with van der Waals surface area (Å²) in [6.45, 7) is 2.74. The molecule has 2 N–H and O–H groups in total. The van der Waals surface area contributed by atoms with E-state index in [0.717, 1.165) is 29.0 Å². The highest BCUT2D eigenvalue weighted by Gasteiger charge is 2.18. The van der Waals surface area contributed by atoms with Crippen LogP contribution in [0.15, 0.2) is 18.2 Å². The van der Waals surface area contributed by atoms with Gasteiger partial charge in [0.05, 0.1) is 12.7 Å². The molecule has 1 aromatic rings. The van der Waals surface area contributed by atoms with Crippen LogP contribution in [0.25, 0.3) is 0 Å². The zero-order valence-electron chi connectivity index (χ0n) is 9.63. The molecule has 0 unspecified atom stereocenters. The molecule has 1 amide bonds. The van der Waals surface area contributed by atoms with Gasteiger partial charge in [-0.2, -0.15) is 0 Å². The Morgan fingerprint density at radius 1 is 1.59 bits per heavy atom. The Hall–Kier alpha value is -0.820. The first kappa shape index (κ1) is 12.6. The number of hydrogen-bond donors (Lipinski definition) is 2. The number of ether oxygens (including phenoxy) is 1. The van der Waals surface area contributed by atoms with Crippen LogP contribution in [0.5, 0.6) is 5.75 Å². The van der Waals surface area contributed by atoms with Crippen LogP contribution in [0, 0.1) is 9.49 Å². The van der Waals surface area contributed by atoms with Gasteiger partial charge >= 0.3 is 0 Å². The molecule has 1 aliphatic heterocycles. The first-order valence-electron chi connectivity index (χ1n) is 5.53. The molecule has 0 bridgehead atoms. The van der Waals surface area contributed by atoms with Gasteiger partial charge in [0.25, 0.3) is 5.91 Å². The standard InChI is InChI=1S/C12H15IN2O2/c1-17-9-2-3-10(11(13)4-9)12(16)15-7-8-5-14-6-8/h2-4,8,14H,5-7H2,1H3,(H,15,16). The van der Waals surface area contributed by atoms with Crippen molar-refractivity contribution in [2.75, 3.05) is 26.7 Å². The lowest BCUT2D eigenvalue weighted by molar-refractivity contribution is 0.0941. The molecule has 0 spiro atoms. The highest BCUT2D eigenvalue weighted by molar-refractivity contribution is 14.1. The normalized spacial score (nSPS) is 15.2. The van der Waals surface area contributed by atoms with Gasteiger partial charge in [-0.15, -0.1) is 0 Å². The Morgan fingerprint density at radius 3 is 2.88 bits per heavy atom. The van der Waals surface area contributed by atoms with E-state index in [1.54, 1.807) is 13.2 Å². The predicted octanol–water partition coefficient (Wildman–Crippen LogP) is 1.25. The molecule has 0 aliphatic carbocycles. The van der Waals surface area contributed by atoms with Crippen LogP contribution < -0.4 is 15.4 Å². The minimum atomic E-state index is -0.0102. The number of amides is 1. The van der Waals surface area contributed by atoms with Crippen molar-refractivity contribution in [3.8, 4) is 5.75 Å². The summed E-state index contributed by atoms with van der Waals surface area (Å²) in [5, 5.41) is 6.14. The second-order valence-electron chi connectivity index (χ2n) is 4.08. The summed E-state index contributed by atoms with van der Waals surface area (Å²) in [5.74, 6) is 1.34. The van der Waals surface area contributed by atoms with Crippen LogP contribution in [0.2, 0.25) is 0 Å². The molecule has 0 radical (unpaired) electrons. The monoisotopic (exact) mass is 346 g/mol. The van der Waals surface area contributed by atoms with Crippen LogP contribution >= 0.6 is 22.6 Å². The minimum absolute atomic E-state index is 0.0102. The smallest absolute Gasteiger partial charge is 0.252 e. The predicted molar refractivity (Wildman–Crippen MR) is 74.4 cm³/mol. The molecule has 0 saturated carbocycles. The molecule has 1 saturated heterocycles. The van der Waals surface area contributed by atoms with Crippen molar-refractivity contribution < 1.29 is 9.53 Å². The summed E-state index contributed by atoms with van der Waals surface area (Å²) < 4.78 is 6.02. The van der Waals surface area contributed by atoms with Crippen molar-refractivity contribution in [1.29, 1.82) is 0 Å². The van der Waals surface area contributed by atoms with E-state index < -0.39 is 0 Å². The quantitative estimate of drug-likeness (QED) is 0.807. The van der Waals surface area contributed by atoms with Gasteiger partial charge < -0.3 is 15.4 Å². The molecular formula is C12H15IN2O2. The summed E-state index contributed by atoms with van der Waals surface area (Å²) >= 11 is 2.15. The van der Waals surface area contributed by atoms with Gasteiger partial charge in [0.2, 0.25) is 0 Å². The number of hydrogen-bond acceptors (Lipinski definition) is 3. The first-order valence-corrected chi connectivity index (χ1v) is 6.61.